The van der Waals surface area contributed by atoms with Crippen molar-refractivity contribution >= 4 is 23.4 Å². The predicted octanol–water partition coefficient (Wildman–Crippen LogP) is 3.51. The first-order valence-corrected chi connectivity index (χ1v) is 7.91. The van der Waals surface area contributed by atoms with Crippen LogP contribution in [0.15, 0.2) is 59.8 Å². The van der Waals surface area contributed by atoms with Crippen molar-refractivity contribution in [1.82, 2.24) is 4.98 Å². The lowest BCUT2D eigenvalue weighted by atomic mass is 10.2. The molecule has 0 unspecified atom stereocenters. The molecule has 4 nitrogen and oxygen atoms in total. The van der Waals surface area contributed by atoms with Gasteiger partial charge in [0.1, 0.15) is 0 Å². The highest BCUT2D eigenvalue weighted by Crippen LogP contribution is 2.24. The smallest absolute Gasteiger partial charge is 0.240 e. The summed E-state index contributed by atoms with van der Waals surface area (Å²) in [6, 6.07) is 17.2. The molecule has 0 aliphatic heterocycles. The van der Waals surface area contributed by atoms with E-state index in [0.29, 0.717) is 13.0 Å². The molecule has 2 aromatic rings. The lowest BCUT2D eigenvalue weighted by molar-refractivity contribution is -0.117. The maximum atomic E-state index is 12.7. The second kappa shape index (κ2) is 8.20. The molecule has 0 saturated heterocycles. The predicted molar refractivity (Wildman–Crippen MR) is 88.6 cm³/mol. The van der Waals surface area contributed by atoms with Gasteiger partial charge in [0.05, 0.1) is 22.8 Å². The SMILES string of the molecule is C[C@@H](Sc1ccccn1)C(=O)N(CCC#N)c1ccccc1. The molecule has 2 rings (SSSR count). The third-order valence-electron chi connectivity index (χ3n) is 3.06. The van der Waals surface area contributed by atoms with Crippen LogP contribution in [0.4, 0.5) is 5.69 Å². The zero-order chi connectivity index (χ0) is 15.8. The number of nitrogens with zero attached hydrogens (tertiary/aromatic N) is 3. The van der Waals surface area contributed by atoms with Gasteiger partial charge in [0.25, 0.3) is 0 Å². The molecule has 0 fully saturated rings. The van der Waals surface area contributed by atoms with E-state index >= 15 is 0 Å². The normalized spacial score (nSPS) is 11.5. The van der Waals surface area contributed by atoms with Gasteiger partial charge >= 0.3 is 0 Å². The lowest BCUT2D eigenvalue weighted by Crippen LogP contribution is -2.37. The van der Waals surface area contributed by atoms with E-state index in [2.05, 4.69) is 11.1 Å². The summed E-state index contributed by atoms with van der Waals surface area (Å²) in [6.07, 6.45) is 2.02. The van der Waals surface area contributed by atoms with Crippen molar-refractivity contribution in [1.29, 1.82) is 5.26 Å². The van der Waals surface area contributed by atoms with Gasteiger partial charge in [-0.1, -0.05) is 36.0 Å². The molecule has 5 heteroatoms. The van der Waals surface area contributed by atoms with E-state index in [4.69, 9.17) is 5.26 Å². The van der Waals surface area contributed by atoms with Crippen molar-refractivity contribution in [2.45, 2.75) is 23.6 Å². The van der Waals surface area contributed by atoms with Crippen LogP contribution in [0.1, 0.15) is 13.3 Å². The van der Waals surface area contributed by atoms with Crippen LogP contribution in [-0.2, 0) is 4.79 Å². The molecule has 0 bridgehead atoms. The third kappa shape index (κ3) is 4.34. The van der Waals surface area contributed by atoms with E-state index in [-0.39, 0.29) is 11.2 Å². The Hall–Kier alpha value is -2.32. The molecule has 0 radical (unpaired) electrons. The molecule has 0 spiro atoms. The van der Waals surface area contributed by atoms with Gasteiger partial charge in [0.15, 0.2) is 0 Å². The zero-order valence-corrected chi connectivity index (χ0v) is 13.2. The number of nitriles is 1. The van der Waals surface area contributed by atoms with Crippen LogP contribution in [0.25, 0.3) is 0 Å². The number of carbonyl (C=O) groups excluding carboxylic acids is 1. The number of aromatic nitrogens is 1. The highest BCUT2D eigenvalue weighted by atomic mass is 32.2. The standard InChI is InChI=1S/C17H17N3OS/c1-14(22-16-10-5-6-12-19-16)17(21)20(13-7-11-18)15-8-3-2-4-9-15/h2-6,8-10,12,14H,7,13H2,1H3/t14-/m1/s1. The Kier molecular flexibility index (Phi) is 5.99. The molecule has 1 amide bonds. The minimum atomic E-state index is -0.270. The van der Waals surface area contributed by atoms with Crippen molar-refractivity contribution in [2.75, 3.05) is 11.4 Å². The summed E-state index contributed by atoms with van der Waals surface area (Å²) in [5, 5.41) is 9.36. The number of amides is 1. The molecule has 1 atom stereocenters. The minimum Gasteiger partial charge on any atom is -0.310 e. The number of rotatable bonds is 6. The largest absolute Gasteiger partial charge is 0.310 e. The minimum absolute atomic E-state index is 0.0166. The molecule has 0 N–H and O–H groups in total. The van der Waals surface area contributed by atoms with Gasteiger partial charge in [-0.15, -0.1) is 0 Å². The molecule has 112 valence electrons. The Balaban J connectivity index is 2.13. The molecule has 1 aromatic heterocycles. The van der Waals surface area contributed by atoms with E-state index in [1.807, 2.05) is 55.5 Å². The number of hydrogen-bond donors (Lipinski definition) is 0. The summed E-state index contributed by atoms with van der Waals surface area (Å²) >= 11 is 1.42. The molecule has 1 heterocycles. The van der Waals surface area contributed by atoms with Crippen LogP contribution in [0.2, 0.25) is 0 Å². The van der Waals surface area contributed by atoms with Crippen LogP contribution < -0.4 is 4.90 Å². The van der Waals surface area contributed by atoms with E-state index < -0.39 is 0 Å². The number of thioether (sulfide) groups is 1. The summed E-state index contributed by atoms with van der Waals surface area (Å²) in [5.41, 5.74) is 0.816. The Morgan fingerprint density at radius 2 is 2.00 bits per heavy atom. The summed E-state index contributed by atoms with van der Waals surface area (Å²) in [7, 11) is 0. The Morgan fingerprint density at radius 3 is 2.64 bits per heavy atom. The third-order valence-corrected chi connectivity index (χ3v) is 4.10. The van der Waals surface area contributed by atoms with Crippen LogP contribution in [0.5, 0.6) is 0 Å². The highest BCUT2D eigenvalue weighted by Gasteiger charge is 2.22. The quantitative estimate of drug-likeness (QED) is 0.766. The molecule has 0 aliphatic rings. The molecular formula is C17H17N3OS. The fourth-order valence-electron chi connectivity index (χ4n) is 2.00. The number of hydrogen-bond acceptors (Lipinski definition) is 4. The first-order valence-electron chi connectivity index (χ1n) is 7.03. The topological polar surface area (TPSA) is 57.0 Å². The number of benzene rings is 1. The number of pyridine rings is 1. The summed E-state index contributed by atoms with van der Waals surface area (Å²) in [5.74, 6) is -0.0166. The first kappa shape index (κ1) is 16.1. The number of anilines is 1. The Labute approximate surface area is 134 Å². The van der Waals surface area contributed by atoms with E-state index in [1.54, 1.807) is 11.1 Å². The average molecular weight is 311 g/mol. The van der Waals surface area contributed by atoms with Crippen LogP contribution >= 0.6 is 11.8 Å². The lowest BCUT2D eigenvalue weighted by Gasteiger charge is -2.24. The van der Waals surface area contributed by atoms with Gasteiger partial charge in [-0.2, -0.15) is 5.26 Å². The molecule has 22 heavy (non-hydrogen) atoms. The Morgan fingerprint density at radius 1 is 1.27 bits per heavy atom. The van der Waals surface area contributed by atoms with E-state index in [0.717, 1.165) is 10.7 Å². The van der Waals surface area contributed by atoms with Crippen LogP contribution in [0.3, 0.4) is 0 Å². The van der Waals surface area contributed by atoms with Crippen molar-refractivity contribution in [3.8, 4) is 6.07 Å². The van der Waals surface area contributed by atoms with Crippen molar-refractivity contribution in [3.63, 3.8) is 0 Å². The zero-order valence-electron chi connectivity index (χ0n) is 12.3. The number of para-hydroxylation sites is 1. The summed E-state index contributed by atoms with van der Waals surface area (Å²) in [4.78, 5) is 18.6. The van der Waals surface area contributed by atoms with Gasteiger partial charge in [-0.25, -0.2) is 4.98 Å². The highest BCUT2D eigenvalue weighted by molar-refractivity contribution is 8.00. The van der Waals surface area contributed by atoms with Gasteiger partial charge in [-0.3, -0.25) is 4.79 Å². The van der Waals surface area contributed by atoms with Gasteiger partial charge in [0.2, 0.25) is 5.91 Å². The summed E-state index contributed by atoms with van der Waals surface area (Å²) in [6.45, 7) is 2.26. The van der Waals surface area contributed by atoms with Gasteiger partial charge < -0.3 is 4.90 Å². The Bertz CT molecular complexity index is 640. The maximum absolute atomic E-state index is 12.7. The fraction of sp³-hybridized carbons (Fsp3) is 0.235. The molecular weight excluding hydrogens is 294 g/mol. The monoisotopic (exact) mass is 311 g/mol. The van der Waals surface area contributed by atoms with Crippen molar-refractivity contribution in [2.24, 2.45) is 0 Å². The van der Waals surface area contributed by atoms with Crippen LogP contribution in [-0.4, -0.2) is 22.7 Å². The van der Waals surface area contributed by atoms with Crippen molar-refractivity contribution < 1.29 is 4.79 Å². The number of carbonyl (C=O) groups is 1. The fourth-order valence-corrected chi connectivity index (χ4v) is 2.87. The van der Waals surface area contributed by atoms with E-state index in [1.165, 1.54) is 11.8 Å². The second-order valence-corrected chi connectivity index (χ2v) is 6.02. The second-order valence-electron chi connectivity index (χ2n) is 4.66. The molecule has 1 aromatic carbocycles. The first-order chi connectivity index (χ1) is 10.7. The van der Waals surface area contributed by atoms with Gasteiger partial charge in [0, 0.05) is 18.4 Å². The van der Waals surface area contributed by atoms with Gasteiger partial charge in [-0.05, 0) is 31.2 Å². The van der Waals surface area contributed by atoms with Crippen LogP contribution in [0, 0.1) is 11.3 Å². The molecule has 0 saturated carbocycles. The average Bonchev–Trinajstić information content (AvgIpc) is 2.57. The summed E-state index contributed by atoms with van der Waals surface area (Å²) < 4.78 is 0. The van der Waals surface area contributed by atoms with Crippen molar-refractivity contribution in [3.05, 3.63) is 54.7 Å². The molecule has 0 aliphatic carbocycles. The maximum Gasteiger partial charge on any atom is 0.240 e. The van der Waals surface area contributed by atoms with E-state index in [9.17, 15) is 4.79 Å².